The molecule has 2 aromatic carbocycles. The number of hydrogen-bond donors (Lipinski definition) is 1. The fourth-order valence-corrected chi connectivity index (χ4v) is 4.43. The number of amides is 1. The number of fused-ring (bicyclic) bond motifs is 3. The molecule has 0 radical (unpaired) electrons. The van der Waals surface area contributed by atoms with E-state index in [2.05, 4.69) is 43.2 Å². The van der Waals surface area contributed by atoms with E-state index in [0.717, 1.165) is 17.6 Å². The SMILES string of the molecule is CC(C)CCn1c(=O)c2ccccc2n2c(SCC(=O)Nc3ccc(C(C)C)cc3)nnc12. The van der Waals surface area contributed by atoms with Gasteiger partial charge in [-0.25, -0.2) is 0 Å². The molecular weight excluding hydrogens is 434 g/mol. The number of aromatic nitrogens is 4. The highest BCUT2D eigenvalue weighted by atomic mass is 32.2. The van der Waals surface area contributed by atoms with Crippen molar-refractivity contribution < 1.29 is 4.79 Å². The highest BCUT2D eigenvalue weighted by Crippen LogP contribution is 2.23. The molecule has 172 valence electrons. The van der Waals surface area contributed by atoms with Crippen molar-refractivity contribution >= 4 is 40.0 Å². The summed E-state index contributed by atoms with van der Waals surface area (Å²) >= 11 is 1.31. The van der Waals surface area contributed by atoms with Gasteiger partial charge in [0.15, 0.2) is 5.16 Å². The van der Waals surface area contributed by atoms with E-state index in [1.165, 1.54) is 17.3 Å². The number of anilines is 1. The van der Waals surface area contributed by atoms with Gasteiger partial charge in [0.2, 0.25) is 11.7 Å². The van der Waals surface area contributed by atoms with E-state index < -0.39 is 0 Å². The van der Waals surface area contributed by atoms with Crippen molar-refractivity contribution in [1.29, 1.82) is 0 Å². The Morgan fingerprint density at radius 1 is 1.03 bits per heavy atom. The minimum atomic E-state index is -0.119. The second-order valence-electron chi connectivity index (χ2n) is 8.89. The van der Waals surface area contributed by atoms with Crippen LogP contribution in [0.25, 0.3) is 16.7 Å². The number of carbonyl (C=O) groups excluding carboxylic acids is 1. The van der Waals surface area contributed by atoms with Gasteiger partial charge >= 0.3 is 0 Å². The number of para-hydroxylation sites is 1. The molecule has 0 unspecified atom stereocenters. The number of nitrogens with one attached hydrogen (secondary N) is 1. The fourth-order valence-electron chi connectivity index (χ4n) is 3.69. The first kappa shape index (κ1) is 23.0. The van der Waals surface area contributed by atoms with Crippen LogP contribution in [0.4, 0.5) is 5.69 Å². The van der Waals surface area contributed by atoms with Crippen LogP contribution in [-0.2, 0) is 11.3 Å². The molecule has 1 amide bonds. The maximum atomic E-state index is 13.1. The molecule has 0 aliphatic heterocycles. The van der Waals surface area contributed by atoms with Gasteiger partial charge < -0.3 is 5.32 Å². The molecular formula is C25H29N5O2S. The van der Waals surface area contributed by atoms with Gasteiger partial charge in [-0.05, 0) is 48.1 Å². The lowest BCUT2D eigenvalue weighted by Gasteiger charge is -2.12. The molecule has 0 aliphatic rings. The van der Waals surface area contributed by atoms with Crippen LogP contribution in [0.15, 0.2) is 58.5 Å². The summed E-state index contributed by atoms with van der Waals surface area (Å²) < 4.78 is 3.57. The lowest BCUT2D eigenvalue weighted by Crippen LogP contribution is -2.24. The Hall–Kier alpha value is -3.13. The van der Waals surface area contributed by atoms with Crippen LogP contribution in [0.3, 0.4) is 0 Å². The third kappa shape index (κ3) is 4.95. The van der Waals surface area contributed by atoms with Gasteiger partial charge in [-0.2, -0.15) is 0 Å². The maximum absolute atomic E-state index is 13.1. The monoisotopic (exact) mass is 463 g/mol. The molecule has 0 aliphatic carbocycles. The van der Waals surface area contributed by atoms with Crippen molar-refractivity contribution in [3.8, 4) is 0 Å². The fraction of sp³-hybridized carbons (Fsp3) is 0.360. The molecule has 0 saturated carbocycles. The first-order valence-corrected chi connectivity index (χ1v) is 12.2. The standard InChI is InChI=1S/C25H29N5O2S/c1-16(2)13-14-29-23(32)20-7-5-6-8-21(20)30-24(29)27-28-25(30)33-15-22(31)26-19-11-9-18(10-12-19)17(3)4/h5-12,16-17H,13-15H2,1-4H3,(H,26,31). The van der Waals surface area contributed by atoms with Crippen LogP contribution in [0.5, 0.6) is 0 Å². The molecule has 0 spiro atoms. The van der Waals surface area contributed by atoms with Gasteiger partial charge in [0.25, 0.3) is 5.56 Å². The minimum absolute atomic E-state index is 0.0645. The zero-order valence-corrected chi connectivity index (χ0v) is 20.2. The Bertz CT molecular complexity index is 1340. The summed E-state index contributed by atoms with van der Waals surface area (Å²) in [4.78, 5) is 25.7. The van der Waals surface area contributed by atoms with E-state index in [-0.39, 0.29) is 17.2 Å². The second-order valence-corrected chi connectivity index (χ2v) is 9.83. The first-order chi connectivity index (χ1) is 15.8. The van der Waals surface area contributed by atoms with Crippen molar-refractivity contribution in [3.05, 3.63) is 64.4 Å². The molecule has 2 aromatic heterocycles. The van der Waals surface area contributed by atoms with Gasteiger partial charge in [0.05, 0.1) is 16.7 Å². The number of carbonyl (C=O) groups is 1. The molecule has 2 heterocycles. The summed E-state index contributed by atoms with van der Waals surface area (Å²) in [6.45, 7) is 9.10. The number of thioether (sulfide) groups is 1. The number of aryl methyl sites for hydroxylation is 1. The summed E-state index contributed by atoms with van der Waals surface area (Å²) in [5, 5.41) is 12.8. The zero-order valence-electron chi connectivity index (χ0n) is 19.4. The van der Waals surface area contributed by atoms with Crippen molar-refractivity contribution in [1.82, 2.24) is 19.2 Å². The van der Waals surface area contributed by atoms with Crippen LogP contribution < -0.4 is 10.9 Å². The topological polar surface area (TPSA) is 81.3 Å². The average molecular weight is 464 g/mol. The van der Waals surface area contributed by atoms with E-state index >= 15 is 0 Å². The predicted molar refractivity (Wildman–Crippen MR) is 134 cm³/mol. The summed E-state index contributed by atoms with van der Waals surface area (Å²) in [6, 6.07) is 15.4. The average Bonchev–Trinajstić information content (AvgIpc) is 3.22. The number of hydrogen-bond acceptors (Lipinski definition) is 5. The smallest absolute Gasteiger partial charge is 0.262 e. The zero-order chi connectivity index (χ0) is 23.5. The van der Waals surface area contributed by atoms with Crippen LogP contribution in [0, 0.1) is 5.92 Å². The van der Waals surface area contributed by atoms with E-state index in [1.807, 2.05) is 52.9 Å². The van der Waals surface area contributed by atoms with Crippen LogP contribution in [0.2, 0.25) is 0 Å². The summed E-state index contributed by atoms with van der Waals surface area (Å²) in [7, 11) is 0. The second kappa shape index (κ2) is 9.79. The number of rotatable bonds is 8. The molecule has 0 bridgehead atoms. The third-order valence-electron chi connectivity index (χ3n) is 5.60. The number of benzene rings is 2. The molecule has 7 nitrogen and oxygen atoms in total. The Labute approximate surface area is 197 Å². The van der Waals surface area contributed by atoms with Crippen molar-refractivity contribution in [3.63, 3.8) is 0 Å². The lowest BCUT2D eigenvalue weighted by molar-refractivity contribution is -0.113. The molecule has 8 heteroatoms. The Kier molecular flexibility index (Phi) is 6.83. The molecule has 4 aromatic rings. The van der Waals surface area contributed by atoms with Crippen molar-refractivity contribution in [2.24, 2.45) is 5.92 Å². The molecule has 0 saturated heterocycles. The molecule has 0 atom stereocenters. The molecule has 0 fully saturated rings. The van der Waals surface area contributed by atoms with Gasteiger partial charge in [-0.15, -0.1) is 10.2 Å². The highest BCUT2D eigenvalue weighted by Gasteiger charge is 2.18. The van der Waals surface area contributed by atoms with Gasteiger partial charge in [0.1, 0.15) is 0 Å². The minimum Gasteiger partial charge on any atom is -0.325 e. The van der Waals surface area contributed by atoms with E-state index in [4.69, 9.17) is 0 Å². The Balaban J connectivity index is 1.59. The first-order valence-electron chi connectivity index (χ1n) is 11.2. The van der Waals surface area contributed by atoms with Crippen LogP contribution in [0.1, 0.15) is 45.6 Å². The van der Waals surface area contributed by atoms with Gasteiger partial charge in [-0.3, -0.25) is 18.6 Å². The van der Waals surface area contributed by atoms with Crippen molar-refractivity contribution in [2.45, 2.75) is 51.7 Å². The largest absolute Gasteiger partial charge is 0.325 e. The molecule has 1 N–H and O–H groups in total. The third-order valence-corrected chi connectivity index (χ3v) is 6.53. The van der Waals surface area contributed by atoms with Crippen molar-refractivity contribution in [2.75, 3.05) is 11.1 Å². The summed E-state index contributed by atoms with van der Waals surface area (Å²) in [6.07, 6.45) is 0.862. The lowest BCUT2D eigenvalue weighted by atomic mass is 10.0. The van der Waals surface area contributed by atoms with Gasteiger partial charge in [-0.1, -0.05) is 63.7 Å². The van der Waals surface area contributed by atoms with E-state index in [1.54, 1.807) is 4.57 Å². The summed E-state index contributed by atoms with van der Waals surface area (Å²) in [5.74, 6) is 1.47. The van der Waals surface area contributed by atoms with Crippen LogP contribution in [-0.4, -0.2) is 30.8 Å². The van der Waals surface area contributed by atoms with E-state index in [0.29, 0.717) is 34.7 Å². The molecule has 33 heavy (non-hydrogen) atoms. The summed E-state index contributed by atoms with van der Waals surface area (Å²) in [5.41, 5.74) is 2.68. The molecule has 4 rings (SSSR count). The Morgan fingerprint density at radius 3 is 2.45 bits per heavy atom. The number of nitrogens with zero attached hydrogens (tertiary/aromatic N) is 4. The maximum Gasteiger partial charge on any atom is 0.262 e. The highest BCUT2D eigenvalue weighted by molar-refractivity contribution is 7.99. The van der Waals surface area contributed by atoms with Crippen LogP contribution >= 0.6 is 11.8 Å². The quantitative estimate of drug-likeness (QED) is 0.374. The Morgan fingerprint density at radius 2 is 1.76 bits per heavy atom. The van der Waals surface area contributed by atoms with Gasteiger partial charge in [0, 0.05) is 12.2 Å². The normalized spacial score (nSPS) is 11.7. The van der Waals surface area contributed by atoms with E-state index in [9.17, 15) is 9.59 Å². The predicted octanol–water partition coefficient (Wildman–Crippen LogP) is 4.94.